The van der Waals surface area contributed by atoms with Gasteiger partial charge in [-0.15, -0.1) is 0 Å². The van der Waals surface area contributed by atoms with Crippen LogP contribution < -0.4 is 9.47 Å². The van der Waals surface area contributed by atoms with Gasteiger partial charge in [0.05, 0.1) is 26.0 Å². The van der Waals surface area contributed by atoms with E-state index in [9.17, 15) is 4.79 Å². The molecule has 30 heavy (non-hydrogen) atoms. The van der Waals surface area contributed by atoms with Gasteiger partial charge in [0.2, 0.25) is 5.91 Å². The van der Waals surface area contributed by atoms with Gasteiger partial charge in [-0.05, 0) is 55.0 Å². The first kappa shape index (κ1) is 20.3. The molecule has 1 aliphatic heterocycles. The average Bonchev–Trinajstić information content (AvgIpc) is 3.21. The van der Waals surface area contributed by atoms with Crippen molar-refractivity contribution < 1.29 is 18.8 Å². The van der Waals surface area contributed by atoms with E-state index >= 15 is 0 Å². The van der Waals surface area contributed by atoms with Crippen molar-refractivity contribution in [2.45, 2.75) is 25.8 Å². The Labute approximate surface area is 180 Å². The van der Waals surface area contributed by atoms with Crippen LogP contribution in [0.5, 0.6) is 11.5 Å². The fraction of sp³-hybridized carbons (Fsp3) is 0.304. The number of carbonyl (C=O) groups excluding carboxylic acids is 1. The zero-order valence-corrected chi connectivity index (χ0v) is 17.5. The van der Waals surface area contributed by atoms with Crippen LogP contribution in [0.3, 0.4) is 0 Å². The molecule has 0 unspecified atom stereocenters. The molecule has 4 rings (SSSR count). The predicted octanol–water partition coefficient (Wildman–Crippen LogP) is 4.75. The third-order valence-electron chi connectivity index (χ3n) is 5.16. The van der Waals surface area contributed by atoms with Gasteiger partial charge in [0, 0.05) is 35.5 Å². The standard InChI is InChI=1S/C23H23ClN2O4/c1-28-18-8-10-19(11-9-18)29-14-2-3-22(27)26-13-12-21-20(15-26)23(30-25-21)16-4-6-17(24)7-5-16/h4-11H,2-3,12-15H2,1H3. The Hall–Kier alpha value is -2.99. The van der Waals surface area contributed by atoms with Crippen molar-refractivity contribution >= 4 is 17.5 Å². The number of ether oxygens (including phenoxy) is 2. The highest BCUT2D eigenvalue weighted by Gasteiger charge is 2.27. The van der Waals surface area contributed by atoms with E-state index in [0.717, 1.165) is 28.3 Å². The number of benzene rings is 2. The van der Waals surface area contributed by atoms with Crippen molar-refractivity contribution in [2.24, 2.45) is 0 Å². The topological polar surface area (TPSA) is 64.8 Å². The first-order valence-electron chi connectivity index (χ1n) is 9.92. The van der Waals surface area contributed by atoms with Crippen molar-refractivity contribution in [2.75, 3.05) is 20.3 Å². The lowest BCUT2D eigenvalue weighted by Gasteiger charge is -2.26. The molecule has 2 aromatic carbocycles. The quantitative estimate of drug-likeness (QED) is 0.510. The molecule has 0 fully saturated rings. The van der Waals surface area contributed by atoms with E-state index in [1.807, 2.05) is 53.4 Å². The number of amides is 1. The number of halogens is 1. The molecule has 3 aromatic rings. The van der Waals surface area contributed by atoms with Crippen molar-refractivity contribution in [1.29, 1.82) is 0 Å². The van der Waals surface area contributed by atoms with Gasteiger partial charge in [-0.1, -0.05) is 16.8 Å². The van der Waals surface area contributed by atoms with E-state index in [-0.39, 0.29) is 5.91 Å². The first-order valence-corrected chi connectivity index (χ1v) is 10.3. The van der Waals surface area contributed by atoms with E-state index in [0.29, 0.717) is 49.7 Å². The van der Waals surface area contributed by atoms with Crippen LogP contribution in [0.1, 0.15) is 24.1 Å². The zero-order chi connectivity index (χ0) is 20.9. The number of hydrogen-bond acceptors (Lipinski definition) is 5. The van der Waals surface area contributed by atoms with Gasteiger partial charge < -0.3 is 18.9 Å². The Balaban J connectivity index is 1.31. The summed E-state index contributed by atoms with van der Waals surface area (Å²) in [5, 5.41) is 4.86. The van der Waals surface area contributed by atoms with Crippen molar-refractivity contribution in [1.82, 2.24) is 10.1 Å². The maximum absolute atomic E-state index is 12.7. The summed E-state index contributed by atoms with van der Waals surface area (Å²) in [7, 11) is 1.63. The molecule has 1 aliphatic rings. The van der Waals surface area contributed by atoms with E-state index in [1.165, 1.54) is 0 Å². The highest BCUT2D eigenvalue weighted by atomic mass is 35.5. The van der Waals surface area contributed by atoms with E-state index in [4.69, 9.17) is 25.6 Å². The largest absolute Gasteiger partial charge is 0.497 e. The normalized spacial score (nSPS) is 13.1. The molecule has 0 N–H and O–H groups in total. The molecule has 1 aromatic heterocycles. The molecule has 2 heterocycles. The average molecular weight is 427 g/mol. The van der Waals surface area contributed by atoms with Crippen molar-refractivity contribution in [3.05, 3.63) is 64.8 Å². The molecule has 0 saturated carbocycles. The molecule has 0 saturated heterocycles. The Morgan fingerprint density at radius 3 is 2.60 bits per heavy atom. The third kappa shape index (κ3) is 4.60. The van der Waals surface area contributed by atoms with Crippen LogP contribution in [0.25, 0.3) is 11.3 Å². The van der Waals surface area contributed by atoms with Gasteiger partial charge in [-0.3, -0.25) is 4.79 Å². The highest BCUT2D eigenvalue weighted by Crippen LogP contribution is 2.31. The van der Waals surface area contributed by atoms with Gasteiger partial charge >= 0.3 is 0 Å². The van der Waals surface area contributed by atoms with Crippen LogP contribution >= 0.6 is 11.6 Å². The lowest BCUT2D eigenvalue weighted by atomic mass is 10.0. The number of carbonyl (C=O) groups is 1. The van der Waals surface area contributed by atoms with Crippen LogP contribution in [-0.2, 0) is 17.8 Å². The summed E-state index contributed by atoms with van der Waals surface area (Å²) < 4.78 is 16.4. The molecule has 7 heteroatoms. The maximum atomic E-state index is 12.7. The van der Waals surface area contributed by atoms with Crippen molar-refractivity contribution in [3.63, 3.8) is 0 Å². The number of methoxy groups -OCH3 is 1. The van der Waals surface area contributed by atoms with Crippen LogP contribution in [0, 0.1) is 0 Å². The Kier molecular flexibility index (Phi) is 6.23. The minimum absolute atomic E-state index is 0.113. The van der Waals surface area contributed by atoms with Gasteiger partial charge in [-0.25, -0.2) is 0 Å². The van der Waals surface area contributed by atoms with Gasteiger partial charge in [0.15, 0.2) is 5.76 Å². The minimum Gasteiger partial charge on any atom is -0.497 e. The molecule has 0 bridgehead atoms. The van der Waals surface area contributed by atoms with Crippen LogP contribution in [0.4, 0.5) is 0 Å². The minimum atomic E-state index is 0.113. The second kappa shape index (κ2) is 9.22. The Morgan fingerprint density at radius 1 is 1.13 bits per heavy atom. The molecule has 0 aliphatic carbocycles. The number of nitrogens with zero attached hydrogens (tertiary/aromatic N) is 2. The summed E-state index contributed by atoms with van der Waals surface area (Å²) in [6, 6.07) is 14.9. The second-order valence-electron chi connectivity index (χ2n) is 7.14. The number of fused-ring (bicyclic) bond motifs is 1. The number of rotatable bonds is 7. The summed E-state index contributed by atoms with van der Waals surface area (Å²) in [6.45, 7) is 1.65. The highest BCUT2D eigenvalue weighted by molar-refractivity contribution is 6.30. The van der Waals surface area contributed by atoms with E-state index in [2.05, 4.69) is 5.16 Å². The van der Waals surface area contributed by atoms with E-state index < -0.39 is 0 Å². The second-order valence-corrected chi connectivity index (χ2v) is 7.57. The fourth-order valence-electron chi connectivity index (χ4n) is 3.50. The van der Waals surface area contributed by atoms with Crippen molar-refractivity contribution in [3.8, 4) is 22.8 Å². The summed E-state index contributed by atoms with van der Waals surface area (Å²) in [4.78, 5) is 14.6. The number of aromatic nitrogens is 1. The van der Waals surface area contributed by atoms with E-state index in [1.54, 1.807) is 7.11 Å². The lowest BCUT2D eigenvalue weighted by molar-refractivity contribution is -0.132. The van der Waals surface area contributed by atoms with Gasteiger partial charge in [-0.2, -0.15) is 0 Å². The molecule has 0 spiro atoms. The molecule has 0 radical (unpaired) electrons. The summed E-state index contributed by atoms with van der Waals surface area (Å²) >= 11 is 5.98. The molecule has 156 valence electrons. The number of hydrogen-bond donors (Lipinski definition) is 0. The van der Waals surface area contributed by atoms with Crippen LogP contribution in [0.2, 0.25) is 5.02 Å². The molecular weight excluding hydrogens is 404 g/mol. The third-order valence-corrected chi connectivity index (χ3v) is 5.41. The predicted molar refractivity (Wildman–Crippen MR) is 114 cm³/mol. The van der Waals surface area contributed by atoms with Gasteiger partial charge in [0.1, 0.15) is 11.5 Å². The van der Waals surface area contributed by atoms with Crippen LogP contribution in [-0.4, -0.2) is 36.2 Å². The fourth-order valence-corrected chi connectivity index (χ4v) is 3.62. The zero-order valence-electron chi connectivity index (χ0n) is 16.8. The summed E-state index contributed by atoms with van der Waals surface area (Å²) in [5.74, 6) is 2.38. The maximum Gasteiger partial charge on any atom is 0.223 e. The molecule has 0 atom stereocenters. The smallest absolute Gasteiger partial charge is 0.223 e. The SMILES string of the molecule is COc1ccc(OCCCC(=O)N2CCc3noc(-c4ccc(Cl)cc4)c3C2)cc1. The summed E-state index contributed by atoms with van der Waals surface area (Å²) in [5.41, 5.74) is 2.81. The molecular formula is C23H23ClN2O4. The molecule has 1 amide bonds. The van der Waals surface area contributed by atoms with Gasteiger partial charge in [0.25, 0.3) is 0 Å². The summed E-state index contributed by atoms with van der Waals surface area (Å²) in [6.07, 6.45) is 1.79. The Bertz CT molecular complexity index is 999. The Morgan fingerprint density at radius 2 is 1.87 bits per heavy atom. The first-order chi connectivity index (χ1) is 14.6. The lowest BCUT2D eigenvalue weighted by Crippen LogP contribution is -2.36. The monoisotopic (exact) mass is 426 g/mol. The molecule has 6 nitrogen and oxygen atoms in total. The van der Waals surface area contributed by atoms with Crippen LogP contribution in [0.15, 0.2) is 53.1 Å².